The average Bonchev–Trinajstić information content (AvgIpc) is 3.31. The molecule has 5 rings (SSSR count). The summed E-state index contributed by atoms with van der Waals surface area (Å²) in [6.07, 6.45) is 0. The van der Waals surface area contributed by atoms with Gasteiger partial charge in [-0.05, 0) is 35.0 Å². The second kappa shape index (κ2) is 9.82. The normalized spacial score (nSPS) is 14.6. The maximum Gasteiger partial charge on any atom is 0.265 e. The van der Waals surface area contributed by atoms with Crippen molar-refractivity contribution in [1.82, 2.24) is 19.5 Å². The Morgan fingerprint density at radius 1 is 1.00 bits per heavy atom. The molecule has 0 saturated carbocycles. The molecule has 0 unspecified atom stereocenters. The van der Waals surface area contributed by atoms with Gasteiger partial charge in [0.15, 0.2) is 6.61 Å². The number of morpholine rings is 1. The zero-order valence-corrected chi connectivity index (χ0v) is 19.5. The average molecular weight is 494 g/mol. The van der Waals surface area contributed by atoms with Crippen molar-refractivity contribution in [2.75, 3.05) is 38.2 Å². The molecule has 0 bridgehead atoms. The van der Waals surface area contributed by atoms with Crippen LogP contribution in [0.3, 0.4) is 0 Å². The second-order valence-corrected chi connectivity index (χ2v) is 9.80. The SMILES string of the molecule is O=C(COn1nnc2ccc(S(=O)(=O)N3CCOCC3)cc21)Nc1ccccc1-c1ccccc1. The molecule has 0 atom stereocenters. The molecule has 0 aliphatic carbocycles. The summed E-state index contributed by atoms with van der Waals surface area (Å²) >= 11 is 0. The van der Waals surface area contributed by atoms with Crippen molar-refractivity contribution in [3.05, 3.63) is 72.8 Å². The van der Waals surface area contributed by atoms with Crippen LogP contribution in [0.1, 0.15) is 0 Å². The maximum atomic E-state index is 13.0. The molecule has 35 heavy (non-hydrogen) atoms. The first-order valence-corrected chi connectivity index (χ1v) is 12.5. The van der Waals surface area contributed by atoms with Gasteiger partial charge < -0.3 is 14.9 Å². The number of fused-ring (bicyclic) bond motifs is 1. The number of sulfonamides is 1. The Kier molecular flexibility index (Phi) is 6.45. The highest BCUT2D eigenvalue weighted by molar-refractivity contribution is 7.89. The van der Waals surface area contributed by atoms with Gasteiger partial charge in [-0.2, -0.15) is 4.31 Å². The Morgan fingerprint density at radius 3 is 2.54 bits per heavy atom. The van der Waals surface area contributed by atoms with Crippen LogP contribution in [0.15, 0.2) is 77.7 Å². The van der Waals surface area contributed by atoms with Crippen LogP contribution in [0.25, 0.3) is 22.2 Å². The molecular weight excluding hydrogens is 470 g/mol. The number of nitrogens with one attached hydrogen (secondary N) is 1. The molecule has 0 radical (unpaired) electrons. The molecule has 180 valence electrons. The van der Waals surface area contributed by atoms with E-state index in [1.807, 2.05) is 54.6 Å². The van der Waals surface area contributed by atoms with Gasteiger partial charge in [-0.15, -0.1) is 5.10 Å². The van der Waals surface area contributed by atoms with Crippen LogP contribution in [0.2, 0.25) is 0 Å². The monoisotopic (exact) mass is 493 g/mol. The van der Waals surface area contributed by atoms with Gasteiger partial charge in [0.1, 0.15) is 11.0 Å². The highest BCUT2D eigenvalue weighted by Gasteiger charge is 2.27. The third-order valence-electron chi connectivity index (χ3n) is 5.60. The first-order chi connectivity index (χ1) is 17.0. The van der Waals surface area contributed by atoms with Gasteiger partial charge in [-0.25, -0.2) is 8.42 Å². The first kappa shape index (κ1) is 23.0. The topological polar surface area (TPSA) is 116 Å². The number of aromatic nitrogens is 3. The van der Waals surface area contributed by atoms with E-state index in [2.05, 4.69) is 15.6 Å². The molecule has 3 aromatic carbocycles. The molecule has 1 aliphatic heterocycles. The number of para-hydroxylation sites is 1. The highest BCUT2D eigenvalue weighted by atomic mass is 32.2. The van der Waals surface area contributed by atoms with Gasteiger partial charge in [-0.1, -0.05) is 53.4 Å². The van der Waals surface area contributed by atoms with Crippen LogP contribution in [-0.2, 0) is 19.6 Å². The van der Waals surface area contributed by atoms with E-state index in [0.717, 1.165) is 16.0 Å². The number of carbonyl (C=O) groups is 1. The highest BCUT2D eigenvalue weighted by Crippen LogP contribution is 2.27. The summed E-state index contributed by atoms with van der Waals surface area (Å²) in [5.74, 6) is -0.394. The number of rotatable bonds is 7. The minimum Gasteiger partial charge on any atom is -0.385 e. The van der Waals surface area contributed by atoms with E-state index in [0.29, 0.717) is 43.0 Å². The van der Waals surface area contributed by atoms with Crippen LogP contribution < -0.4 is 10.2 Å². The lowest BCUT2D eigenvalue weighted by Gasteiger charge is -2.26. The maximum absolute atomic E-state index is 13.0. The fourth-order valence-electron chi connectivity index (χ4n) is 3.84. The number of carbonyl (C=O) groups excluding carboxylic acids is 1. The zero-order valence-electron chi connectivity index (χ0n) is 18.7. The van der Waals surface area contributed by atoms with Gasteiger partial charge in [-0.3, -0.25) is 4.79 Å². The fraction of sp³-hybridized carbons (Fsp3) is 0.208. The standard InChI is InChI=1S/C24H23N5O5S/c30-24(25-21-9-5-4-8-20(21)18-6-2-1-3-7-18)17-34-29-23-16-19(10-11-22(23)26-27-29)35(31,32)28-12-14-33-15-13-28/h1-11,16H,12-15,17H2,(H,25,30). The largest absolute Gasteiger partial charge is 0.385 e. The van der Waals surface area contributed by atoms with Gasteiger partial charge in [0, 0.05) is 24.3 Å². The lowest BCUT2D eigenvalue weighted by molar-refractivity contribution is -0.121. The number of benzene rings is 3. The molecule has 2 heterocycles. The van der Waals surface area contributed by atoms with E-state index in [9.17, 15) is 13.2 Å². The summed E-state index contributed by atoms with van der Waals surface area (Å²) in [7, 11) is -3.70. The van der Waals surface area contributed by atoms with Crippen LogP contribution in [0, 0.1) is 0 Å². The predicted molar refractivity (Wildman–Crippen MR) is 129 cm³/mol. The van der Waals surface area contributed by atoms with E-state index in [1.165, 1.54) is 16.4 Å². The molecule has 10 nitrogen and oxygen atoms in total. The summed E-state index contributed by atoms with van der Waals surface area (Å²) in [6.45, 7) is 0.944. The molecule has 1 fully saturated rings. The van der Waals surface area contributed by atoms with Crippen molar-refractivity contribution < 1.29 is 22.8 Å². The van der Waals surface area contributed by atoms with E-state index in [1.54, 1.807) is 6.07 Å². The van der Waals surface area contributed by atoms with Gasteiger partial charge >= 0.3 is 0 Å². The number of hydrogen-bond acceptors (Lipinski definition) is 7. The Balaban J connectivity index is 1.31. The fourth-order valence-corrected chi connectivity index (χ4v) is 5.27. The smallest absolute Gasteiger partial charge is 0.265 e. The van der Waals surface area contributed by atoms with E-state index in [-0.39, 0.29) is 11.5 Å². The molecule has 1 amide bonds. The molecule has 1 aromatic heterocycles. The molecule has 4 aromatic rings. The third-order valence-corrected chi connectivity index (χ3v) is 7.49. The number of anilines is 1. The summed E-state index contributed by atoms with van der Waals surface area (Å²) in [4.78, 5) is 19.4. The molecule has 0 spiro atoms. The van der Waals surface area contributed by atoms with Crippen molar-refractivity contribution in [3.63, 3.8) is 0 Å². The quantitative estimate of drug-likeness (QED) is 0.420. The van der Waals surface area contributed by atoms with Gasteiger partial charge in [0.2, 0.25) is 10.0 Å². The Morgan fingerprint density at radius 2 is 1.74 bits per heavy atom. The molecule has 1 aliphatic rings. The lowest BCUT2D eigenvalue weighted by atomic mass is 10.0. The molecular formula is C24H23N5O5S. The molecule has 11 heteroatoms. The van der Waals surface area contributed by atoms with Crippen LogP contribution in [0.5, 0.6) is 0 Å². The minimum atomic E-state index is -3.70. The first-order valence-electron chi connectivity index (χ1n) is 11.0. The second-order valence-electron chi connectivity index (χ2n) is 7.86. The van der Waals surface area contributed by atoms with Crippen molar-refractivity contribution in [3.8, 4) is 11.1 Å². The lowest BCUT2D eigenvalue weighted by Crippen LogP contribution is -2.40. The summed E-state index contributed by atoms with van der Waals surface area (Å²) in [5, 5.41) is 10.8. The third kappa shape index (κ3) is 4.87. The van der Waals surface area contributed by atoms with Crippen molar-refractivity contribution in [2.45, 2.75) is 4.90 Å². The Labute approximate surface area is 202 Å². The van der Waals surface area contributed by atoms with E-state index < -0.39 is 15.9 Å². The Bertz CT molecular complexity index is 1450. The molecule has 1 saturated heterocycles. The van der Waals surface area contributed by atoms with Gasteiger partial charge in [0.25, 0.3) is 5.91 Å². The van der Waals surface area contributed by atoms with E-state index in [4.69, 9.17) is 9.57 Å². The predicted octanol–water partition coefficient (Wildman–Crippen LogP) is 2.19. The zero-order chi connectivity index (χ0) is 24.3. The van der Waals surface area contributed by atoms with Crippen LogP contribution >= 0.6 is 0 Å². The van der Waals surface area contributed by atoms with Gasteiger partial charge in [0.05, 0.1) is 18.1 Å². The summed E-state index contributed by atoms with van der Waals surface area (Å²) < 4.78 is 32.6. The molecule has 1 N–H and O–H groups in total. The van der Waals surface area contributed by atoms with Crippen molar-refractivity contribution in [2.24, 2.45) is 0 Å². The number of hydrogen-bond donors (Lipinski definition) is 1. The number of nitrogens with zero attached hydrogens (tertiary/aromatic N) is 4. The van der Waals surface area contributed by atoms with Crippen molar-refractivity contribution >= 4 is 32.7 Å². The van der Waals surface area contributed by atoms with Crippen molar-refractivity contribution in [1.29, 1.82) is 0 Å². The summed E-state index contributed by atoms with van der Waals surface area (Å²) in [6, 6.07) is 21.7. The van der Waals surface area contributed by atoms with Crippen LogP contribution in [0.4, 0.5) is 5.69 Å². The minimum absolute atomic E-state index is 0.0975. The Hall–Kier alpha value is -3.80. The number of amides is 1. The van der Waals surface area contributed by atoms with E-state index >= 15 is 0 Å². The summed E-state index contributed by atoms with van der Waals surface area (Å²) in [5.41, 5.74) is 3.29. The number of ether oxygens (including phenoxy) is 1. The van der Waals surface area contributed by atoms with Crippen LogP contribution in [-0.4, -0.2) is 66.7 Å².